The summed E-state index contributed by atoms with van der Waals surface area (Å²) in [5, 5.41) is 10.3. The lowest BCUT2D eigenvalue weighted by molar-refractivity contribution is 0.131. The van der Waals surface area contributed by atoms with Crippen LogP contribution in [0.5, 0.6) is 0 Å². The summed E-state index contributed by atoms with van der Waals surface area (Å²) < 4.78 is 1.09. The number of amides is 2. The number of aromatic nitrogens is 2. The fraction of sp³-hybridized carbons (Fsp3) is 0.267. The van der Waals surface area contributed by atoms with E-state index in [0.29, 0.717) is 11.7 Å². The zero-order valence-corrected chi connectivity index (χ0v) is 13.0. The normalized spacial score (nSPS) is 14.6. The van der Waals surface area contributed by atoms with Crippen LogP contribution in [0.2, 0.25) is 0 Å². The summed E-state index contributed by atoms with van der Waals surface area (Å²) in [4.78, 5) is 13.8. The topological polar surface area (TPSA) is 58.1 Å². The van der Waals surface area contributed by atoms with Gasteiger partial charge in [-0.05, 0) is 42.2 Å². The van der Waals surface area contributed by atoms with Gasteiger partial charge in [-0.15, -0.1) is 5.10 Å². The molecule has 1 saturated heterocycles. The Morgan fingerprint density at radius 2 is 2.19 bits per heavy atom. The average Bonchev–Trinajstić information content (AvgIpc) is 2.43. The quantitative estimate of drug-likeness (QED) is 0.929. The molecule has 1 N–H and O–H groups in total. The van der Waals surface area contributed by atoms with Crippen LogP contribution in [0.3, 0.4) is 0 Å². The Balaban J connectivity index is 1.48. The number of halogens is 1. The van der Waals surface area contributed by atoms with E-state index in [1.54, 1.807) is 23.2 Å². The number of likely N-dealkylation sites (tertiary alicyclic amines) is 1. The van der Waals surface area contributed by atoms with E-state index >= 15 is 0 Å². The van der Waals surface area contributed by atoms with Crippen molar-refractivity contribution in [3.8, 4) is 0 Å². The highest BCUT2D eigenvalue weighted by molar-refractivity contribution is 9.10. The molecule has 6 heteroatoms. The fourth-order valence-electron chi connectivity index (χ4n) is 2.42. The SMILES string of the molecule is O=C(Nc1cccnn1)N1CC(Cc2cccc(Br)c2)C1. The Morgan fingerprint density at radius 1 is 1.33 bits per heavy atom. The molecular weight excluding hydrogens is 332 g/mol. The fourth-order valence-corrected chi connectivity index (χ4v) is 2.87. The molecule has 0 saturated carbocycles. The van der Waals surface area contributed by atoms with Crippen molar-refractivity contribution in [1.29, 1.82) is 0 Å². The van der Waals surface area contributed by atoms with Crippen LogP contribution < -0.4 is 5.32 Å². The van der Waals surface area contributed by atoms with Gasteiger partial charge in [-0.25, -0.2) is 4.79 Å². The van der Waals surface area contributed by atoms with Crippen molar-refractivity contribution in [1.82, 2.24) is 15.1 Å². The maximum atomic E-state index is 12.0. The van der Waals surface area contributed by atoms with Crippen molar-refractivity contribution in [2.24, 2.45) is 5.92 Å². The number of rotatable bonds is 3. The maximum absolute atomic E-state index is 12.0. The van der Waals surface area contributed by atoms with Gasteiger partial charge in [0.05, 0.1) is 0 Å². The smallest absolute Gasteiger partial charge is 0.323 e. The highest BCUT2D eigenvalue weighted by Gasteiger charge is 2.30. The Hall–Kier alpha value is -1.95. The first-order valence-electron chi connectivity index (χ1n) is 6.79. The summed E-state index contributed by atoms with van der Waals surface area (Å²) in [6.07, 6.45) is 2.57. The van der Waals surface area contributed by atoms with E-state index in [1.165, 1.54) is 5.56 Å². The molecule has 0 aliphatic carbocycles. The number of carbonyl (C=O) groups excluding carboxylic acids is 1. The molecule has 2 aromatic rings. The van der Waals surface area contributed by atoms with E-state index in [0.717, 1.165) is 24.0 Å². The average molecular weight is 347 g/mol. The van der Waals surface area contributed by atoms with E-state index in [4.69, 9.17) is 0 Å². The molecule has 0 unspecified atom stereocenters. The zero-order chi connectivity index (χ0) is 14.7. The van der Waals surface area contributed by atoms with Crippen LogP contribution in [-0.4, -0.2) is 34.2 Å². The molecule has 2 amide bonds. The molecule has 1 aromatic carbocycles. The van der Waals surface area contributed by atoms with Crippen molar-refractivity contribution in [2.45, 2.75) is 6.42 Å². The molecule has 21 heavy (non-hydrogen) atoms. The van der Waals surface area contributed by atoms with Crippen LogP contribution in [0.15, 0.2) is 47.1 Å². The minimum atomic E-state index is -0.110. The summed E-state index contributed by atoms with van der Waals surface area (Å²) in [6.45, 7) is 1.55. The lowest BCUT2D eigenvalue weighted by Crippen LogP contribution is -2.52. The predicted octanol–water partition coefficient (Wildman–Crippen LogP) is 2.95. The number of benzene rings is 1. The second-order valence-electron chi connectivity index (χ2n) is 5.14. The van der Waals surface area contributed by atoms with Crippen molar-refractivity contribution in [3.63, 3.8) is 0 Å². The molecule has 1 fully saturated rings. The second kappa shape index (κ2) is 6.22. The lowest BCUT2D eigenvalue weighted by Gasteiger charge is -2.39. The number of nitrogens with one attached hydrogen (secondary N) is 1. The van der Waals surface area contributed by atoms with Crippen molar-refractivity contribution in [2.75, 3.05) is 18.4 Å². The minimum absolute atomic E-state index is 0.110. The summed E-state index contributed by atoms with van der Waals surface area (Å²) in [6, 6.07) is 11.7. The van der Waals surface area contributed by atoms with E-state index in [-0.39, 0.29) is 6.03 Å². The number of nitrogens with zero attached hydrogens (tertiary/aromatic N) is 3. The minimum Gasteiger partial charge on any atom is -0.324 e. The van der Waals surface area contributed by atoms with Crippen molar-refractivity contribution < 1.29 is 4.79 Å². The third kappa shape index (κ3) is 3.58. The Bertz CT molecular complexity index is 629. The van der Waals surface area contributed by atoms with Gasteiger partial charge in [0, 0.05) is 23.8 Å². The van der Waals surface area contributed by atoms with Gasteiger partial charge in [0.15, 0.2) is 5.82 Å². The number of hydrogen-bond donors (Lipinski definition) is 1. The Labute approximate surface area is 131 Å². The molecule has 5 nitrogen and oxygen atoms in total. The molecule has 108 valence electrons. The van der Waals surface area contributed by atoms with Gasteiger partial charge < -0.3 is 4.90 Å². The van der Waals surface area contributed by atoms with Crippen LogP contribution in [0.4, 0.5) is 10.6 Å². The number of carbonyl (C=O) groups is 1. The molecule has 0 bridgehead atoms. The van der Waals surface area contributed by atoms with Gasteiger partial charge in [0.25, 0.3) is 0 Å². The number of urea groups is 1. The zero-order valence-electron chi connectivity index (χ0n) is 11.4. The summed E-state index contributed by atoms with van der Waals surface area (Å²) >= 11 is 3.48. The first-order chi connectivity index (χ1) is 10.2. The van der Waals surface area contributed by atoms with E-state index in [9.17, 15) is 4.79 Å². The number of hydrogen-bond acceptors (Lipinski definition) is 3. The molecule has 0 atom stereocenters. The molecule has 1 aromatic heterocycles. The monoisotopic (exact) mass is 346 g/mol. The first kappa shape index (κ1) is 14.0. The second-order valence-corrected chi connectivity index (χ2v) is 6.06. The largest absolute Gasteiger partial charge is 0.324 e. The van der Waals surface area contributed by atoms with Crippen LogP contribution >= 0.6 is 15.9 Å². The molecule has 0 radical (unpaired) electrons. The van der Waals surface area contributed by atoms with Gasteiger partial charge in [0.1, 0.15) is 0 Å². The van der Waals surface area contributed by atoms with Crippen LogP contribution in [-0.2, 0) is 6.42 Å². The van der Waals surface area contributed by atoms with Gasteiger partial charge in [0.2, 0.25) is 0 Å². The Kier molecular flexibility index (Phi) is 4.15. The molecule has 0 spiro atoms. The van der Waals surface area contributed by atoms with Crippen molar-refractivity contribution >= 4 is 27.8 Å². The first-order valence-corrected chi connectivity index (χ1v) is 7.58. The standard InChI is InChI=1S/C15H15BrN4O/c16-13-4-1-3-11(8-13)7-12-9-20(10-12)15(21)18-14-5-2-6-17-19-14/h1-6,8,12H,7,9-10H2,(H,18,19,21). The third-order valence-corrected chi connectivity index (χ3v) is 3.96. The predicted molar refractivity (Wildman–Crippen MR) is 84.0 cm³/mol. The van der Waals surface area contributed by atoms with Gasteiger partial charge >= 0.3 is 6.03 Å². The summed E-state index contributed by atoms with van der Waals surface area (Å²) in [7, 11) is 0. The van der Waals surface area contributed by atoms with Crippen LogP contribution in [0.1, 0.15) is 5.56 Å². The molecule has 1 aliphatic heterocycles. The van der Waals surface area contributed by atoms with Crippen LogP contribution in [0, 0.1) is 5.92 Å². The lowest BCUT2D eigenvalue weighted by atomic mass is 9.92. The molecule has 3 rings (SSSR count). The van der Waals surface area contributed by atoms with E-state index in [2.05, 4.69) is 43.6 Å². The van der Waals surface area contributed by atoms with Crippen molar-refractivity contribution in [3.05, 3.63) is 52.6 Å². The number of anilines is 1. The molecule has 1 aliphatic rings. The molecular formula is C15H15BrN4O. The van der Waals surface area contributed by atoms with E-state index < -0.39 is 0 Å². The third-order valence-electron chi connectivity index (χ3n) is 3.47. The van der Waals surface area contributed by atoms with Gasteiger partial charge in [-0.3, -0.25) is 5.32 Å². The van der Waals surface area contributed by atoms with Gasteiger partial charge in [-0.1, -0.05) is 28.1 Å². The highest BCUT2D eigenvalue weighted by Crippen LogP contribution is 2.22. The Morgan fingerprint density at radius 3 is 2.90 bits per heavy atom. The maximum Gasteiger partial charge on any atom is 0.323 e. The highest BCUT2D eigenvalue weighted by atomic mass is 79.9. The summed E-state index contributed by atoms with van der Waals surface area (Å²) in [5.41, 5.74) is 1.29. The van der Waals surface area contributed by atoms with Crippen LogP contribution in [0.25, 0.3) is 0 Å². The van der Waals surface area contributed by atoms with E-state index in [1.807, 2.05) is 12.1 Å². The van der Waals surface area contributed by atoms with Gasteiger partial charge in [-0.2, -0.15) is 5.10 Å². The molecule has 2 heterocycles. The summed E-state index contributed by atoms with van der Waals surface area (Å²) in [5.74, 6) is 1.00.